The topological polar surface area (TPSA) is 75.3 Å². The Labute approximate surface area is 142 Å². The van der Waals surface area contributed by atoms with E-state index in [-0.39, 0.29) is 17.2 Å². The summed E-state index contributed by atoms with van der Waals surface area (Å²) in [5.74, 6) is -0.114. The van der Waals surface area contributed by atoms with Crippen LogP contribution in [0.1, 0.15) is 25.0 Å². The Morgan fingerprint density at radius 1 is 1.12 bits per heavy atom. The van der Waals surface area contributed by atoms with Gasteiger partial charge in [-0.05, 0) is 49.6 Å². The molecule has 2 aromatic rings. The van der Waals surface area contributed by atoms with Crippen molar-refractivity contribution in [1.29, 1.82) is 0 Å². The van der Waals surface area contributed by atoms with Gasteiger partial charge in [0.15, 0.2) is 0 Å². The molecule has 0 bridgehead atoms. The minimum absolute atomic E-state index is 0.114. The number of hydrogen-bond donors (Lipinski definition) is 2. The fourth-order valence-electron chi connectivity index (χ4n) is 2.94. The van der Waals surface area contributed by atoms with Gasteiger partial charge >= 0.3 is 0 Å². The molecule has 0 aliphatic carbocycles. The van der Waals surface area contributed by atoms with Gasteiger partial charge in [0.05, 0.1) is 11.3 Å². The van der Waals surface area contributed by atoms with Gasteiger partial charge < -0.3 is 5.32 Å². The van der Waals surface area contributed by atoms with Crippen LogP contribution in [0.3, 0.4) is 0 Å². The zero-order chi connectivity index (χ0) is 17.4. The number of nitrogens with one attached hydrogen (secondary N) is 2. The van der Waals surface area contributed by atoms with Crippen LogP contribution in [-0.2, 0) is 27.7 Å². The molecule has 0 radical (unpaired) electrons. The van der Waals surface area contributed by atoms with Crippen molar-refractivity contribution in [3.8, 4) is 0 Å². The quantitative estimate of drug-likeness (QED) is 0.875. The van der Waals surface area contributed by atoms with E-state index >= 15 is 0 Å². The molecule has 1 heterocycles. The number of amides is 1. The molecule has 3 rings (SSSR count). The fraction of sp³-hybridized carbons (Fsp3) is 0.278. The number of rotatable bonds is 5. The molecule has 0 atom stereocenters. The van der Waals surface area contributed by atoms with Crippen molar-refractivity contribution in [3.05, 3.63) is 59.7 Å². The van der Waals surface area contributed by atoms with E-state index in [1.807, 2.05) is 44.2 Å². The smallest absolute Gasteiger partial charge is 0.241 e. The molecule has 0 saturated carbocycles. The Kier molecular flexibility index (Phi) is 4.19. The predicted molar refractivity (Wildman–Crippen MR) is 93.3 cm³/mol. The summed E-state index contributed by atoms with van der Waals surface area (Å²) in [6.07, 6.45) is 0.796. The molecular weight excluding hydrogens is 324 g/mol. The van der Waals surface area contributed by atoms with Gasteiger partial charge in [0.1, 0.15) is 0 Å². The molecule has 0 spiro atoms. The molecule has 0 saturated heterocycles. The number of carbonyl (C=O) groups excluding carboxylic acids is 1. The molecule has 24 heavy (non-hydrogen) atoms. The van der Waals surface area contributed by atoms with Crippen molar-refractivity contribution < 1.29 is 13.2 Å². The van der Waals surface area contributed by atoms with Crippen molar-refractivity contribution >= 4 is 21.6 Å². The van der Waals surface area contributed by atoms with Crippen molar-refractivity contribution in [2.24, 2.45) is 0 Å². The summed E-state index contributed by atoms with van der Waals surface area (Å²) in [5, 5.41) is 2.70. The van der Waals surface area contributed by atoms with Crippen molar-refractivity contribution in [3.63, 3.8) is 0 Å². The number of benzene rings is 2. The first-order valence-corrected chi connectivity index (χ1v) is 9.24. The van der Waals surface area contributed by atoms with Crippen LogP contribution >= 0.6 is 0 Å². The van der Waals surface area contributed by atoms with Gasteiger partial charge in [-0.15, -0.1) is 0 Å². The molecule has 126 valence electrons. The molecule has 0 unspecified atom stereocenters. The Morgan fingerprint density at radius 2 is 1.83 bits per heavy atom. The van der Waals surface area contributed by atoms with E-state index in [1.165, 1.54) is 6.07 Å². The summed E-state index contributed by atoms with van der Waals surface area (Å²) in [6.45, 7) is 3.71. The highest BCUT2D eigenvalue weighted by atomic mass is 32.2. The van der Waals surface area contributed by atoms with Crippen LogP contribution in [0.5, 0.6) is 0 Å². The molecule has 6 heteroatoms. The number of sulfonamides is 1. The number of fused-ring (bicyclic) bond motifs is 1. The molecular formula is C18H20N2O3S. The molecule has 2 aromatic carbocycles. The standard InChI is InChI=1S/C18H20N2O3S/c1-18(2,12-13-6-4-3-5-7-13)20-24(22,23)15-8-9-16-14(10-15)11-17(21)19-16/h3-10,20H,11-12H2,1-2H3,(H,19,21). The van der Waals surface area contributed by atoms with Gasteiger partial charge in [0, 0.05) is 11.2 Å². The van der Waals surface area contributed by atoms with E-state index in [2.05, 4.69) is 10.0 Å². The molecule has 1 aliphatic rings. The molecule has 0 aromatic heterocycles. The minimum Gasteiger partial charge on any atom is -0.326 e. The van der Waals surface area contributed by atoms with E-state index in [0.717, 1.165) is 5.56 Å². The summed E-state index contributed by atoms with van der Waals surface area (Å²) in [5.41, 5.74) is 1.83. The van der Waals surface area contributed by atoms with Crippen LogP contribution < -0.4 is 10.0 Å². The van der Waals surface area contributed by atoms with Crippen molar-refractivity contribution in [2.75, 3.05) is 5.32 Å². The van der Waals surface area contributed by atoms with E-state index < -0.39 is 15.6 Å². The summed E-state index contributed by atoms with van der Waals surface area (Å²) >= 11 is 0. The lowest BCUT2D eigenvalue weighted by Crippen LogP contribution is -2.45. The largest absolute Gasteiger partial charge is 0.326 e. The van der Waals surface area contributed by atoms with Gasteiger partial charge in [-0.1, -0.05) is 30.3 Å². The van der Waals surface area contributed by atoms with Crippen LogP contribution in [0.15, 0.2) is 53.4 Å². The first-order valence-electron chi connectivity index (χ1n) is 7.76. The summed E-state index contributed by atoms with van der Waals surface area (Å²) in [7, 11) is -3.67. The Morgan fingerprint density at radius 3 is 2.54 bits per heavy atom. The lowest BCUT2D eigenvalue weighted by Gasteiger charge is -2.26. The highest BCUT2D eigenvalue weighted by Gasteiger charge is 2.28. The normalized spacial score (nSPS) is 14.3. The molecule has 1 aliphatic heterocycles. The zero-order valence-corrected chi connectivity index (χ0v) is 14.5. The Hall–Kier alpha value is -2.18. The average Bonchev–Trinajstić information content (AvgIpc) is 2.85. The van der Waals surface area contributed by atoms with Crippen molar-refractivity contribution in [1.82, 2.24) is 4.72 Å². The van der Waals surface area contributed by atoms with Crippen LogP contribution in [0.4, 0.5) is 5.69 Å². The average molecular weight is 344 g/mol. The Bertz CT molecular complexity index is 874. The number of anilines is 1. The molecule has 2 N–H and O–H groups in total. The van der Waals surface area contributed by atoms with E-state index in [4.69, 9.17) is 0 Å². The van der Waals surface area contributed by atoms with Crippen LogP contribution in [0, 0.1) is 0 Å². The second-order valence-electron chi connectivity index (χ2n) is 6.70. The van der Waals surface area contributed by atoms with E-state index in [9.17, 15) is 13.2 Å². The summed E-state index contributed by atoms with van der Waals surface area (Å²) in [4.78, 5) is 11.6. The third kappa shape index (κ3) is 3.66. The van der Waals surface area contributed by atoms with Gasteiger partial charge in [-0.25, -0.2) is 13.1 Å². The van der Waals surface area contributed by atoms with Gasteiger partial charge in [-0.3, -0.25) is 4.79 Å². The summed E-state index contributed by atoms with van der Waals surface area (Å²) < 4.78 is 28.2. The third-order valence-corrected chi connectivity index (χ3v) is 5.61. The molecule has 1 amide bonds. The van der Waals surface area contributed by atoms with E-state index in [1.54, 1.807) is 12.1 Å². The van der Waals surface area contributed by atoms with Gasteiger partial charge in [0.2, 0.25) is 15.9 Å². The van der Waals surface area contributed by atoms with Crippen LogP contribution in [-0.4, -0.2) is 19.9 Å². The summed E-state index contributed by atoms with van der Waals surface area (Å²) in [6, 6.07) is 14.5. The predicted octanol–water partition coefficient (Wildman–Crippen LogP) is 2.48. The van der Waals surface area contributed by atoms with Gasteiger partial charge in [0.25, 0.3) is 0 Å². The second-order valence-corrected chi connectivity index (χ2v) is 8.38. The first kappa shape index (κ1) is 16.7. The highest BCUT2D eigenvalue weighted by molar-refractivity contribution is 7.89. The maximum atomic E-state index is 12.7. The molecule has 5 nitrogen and oxygen atoms in total. The lowest BCUT2D eigenvalue weighted by atomic mass is 9.96. The lowest BCUT2D eigenvalue weighted by molar-refractivity contribution is -0.115. The van der Waals surface area contributed by atoms with Gasteiger partial charge in [-0.2, -0.15) is 0 Å². The van der Waals surface area contributed by atoms with Crippen LogP contribution in [0.2, 0.25) is 0 Å². The fourth-order valence-corrected chi connectivity index (χ4v) is 4.40. The monoisotopic (exact) mass is 344 g/mol. The van der Waals surface area contributed by atoms with E-state index in [0.29, 0.717) is 17.7 Å². The molecule has 0 fully saturated rings. The number of carbonyl (C=O) groups is 1. The second kappa shape index (κ2) is 6.03. The van der Waals surface area contributed by atoms with Crippen molar-refractivity contribution in [2.45, 2.75) is 37.1 Å². The third-order valence-electron chi connectivity index (χ3n) is 3.91. The maximum Gasteiger partial charge on any atom is 0.241 e. The van der Waals surface area contributed by atoms with Crippen LogP contribution in [0.25, 0.3) is 0 Å². The highest BCUT2D eigenvalue weighted by Crippen LogP contribution is 2.26. The number of hydrogen-bond acceptors (Lipinski definition) is 3. The SMILES string of the molecule is CC(C)(Cc1ccccc1)NS(=O)(=O)c1ccc2c(c1)CC(=O)N2. The first-order chi connectivity index (χ1) is 11.3. The minimum atomic E-state index is -3.67. The maximum absolute atomic E-state index is 12.7. The zero-order valence-electron chi connectivity index (χ0n) is 13.7. The Balaban J connectivity index is 1.81.